The summed E-state index contributed by atoms with van der Waals surface area (Å²) in [7, 11) is 0. The van der Waals surface area contributed by atoms with Crippen LogP contribution < -0.4 is 5.32 Å². The zero-order valence-corrected chi connectivity index (χ0v) is 10.1. The molecule has 17 heavy (non-hydrogen) atoms. The van der Waals surface area contributed by atoms with Crippen LogP contribution in [0.1, 0.15) is 29.8 Å². The fourth-order valence-corrected chi connectivity index (χ4v) is 4.89. The molecule has 4 rings (SSSR count). The number of anilines is 1. The number of nitrogens with zero attached hydrogens (tertiary/aromatic N) is 1. The van der Waals surface area contributed by atoms with E-state index in [2.05, 4.69) is 10.3 Å². The lowest BCUT2D eigenvalue weighted by Crippen LogP contribution is -2.14. The van der Waals surface area contributed by atoms with Crippen LogP contribution in [-0.2, 0) is 0 Å². The predicted octanol–water partition coefficient (Wildman–Crippen LogP) is 2.30. The smallest absolute Gasteiger partial charge is 0.357 e. The molecule has 1 aromatic heterocycles. The second kappa shape index (κ2) is 3.22. The minimum atomic E-state index is -0.928. The summed E-state index contributed by atoms with van der Waals surface area (Å²) in [6, 6.07) is 0.528. The topological polar surface area (TPSA) is 62.2 Å². The maximum Gasteiger partial charge on any atom is 0.357 e. The lowest BCUT2D eigenvalue weighted by molar-refractivity contribution is 0.0692. The van der Waals surface area contributed by atoms with Crippen molar-refractivity contribution in [2.45, 2.75) is 25.3 Å². The van der Waals surface area contributed by atoms with Gasteiger partial charge in [0.1, 0.15) is 5.00 Å². The number of hydrogen-bond acceptors (Lipinski definition) is 4. The van der Waals surface area contributed by atoms with Gasteiger partial charge >= 0.3 is 5.97 Å². The summed E-state index contributed by atoms with van der Waals surface area (Å²) < 4.78 is 0. The van der Waals surface area contributed by atoms with Gasteiger partial charge in [0.25, 0.3) is 0 Å². The first kappa shape index (κ1) is 9.88. The minimum absolute atomic E-state index is 0.187. The number of rotatable bonds is 3. The second-order valence-electron chi connectivity index (χ2n) is 5.49. The first-order valence-electron chi connectivity index (χ1n) is 6.19. The number of carboxylic acids is 1. The van der Waals surface area contributed by atoms with E-state index in [0.717, 1.165) is 28.7 Å². The second-order valence-corrected chi connectivity index (χ2v) is 6.35. The van der Waals surface area contributed by atoms with E-state index in [0.29, 0.717) is 6.04 Å². The molecule has 0 aliphatic heterocycles. The van der Waals surface area contributed by atoms with Gasteiger partial charge in [-0.05, 0) is 42.9 Å². The molecular formula is C12H14N2O2S. The zero-order chi connectivity index (χ0) is 11.6. The molecule has 3 saturated carbocycles. The van der Waals surface area contributed by atoms with Crippen LogP contribution in [0.5, 0.6) is 0 Å². The monoisotopic (exact) mass is 250 g/mol. The van der Waals surface area contributed by atoms with Crippen molar-refractivity contribution in [1.82, 2.24) is 4.98 Å². The summed E-state index contributed by atoms with van der Waals surface area (Å²) in [4.78, 5) is 14.9. The number of aromatic nitrogens is 1. The molecule has 3 fully saturated rings. The van der Waals surface area contributed by atoms with Crippen LogP contribution in [0.2, 0.25) is 0 Å². The maximum absolute atomic E-state index is 11.0. The molecule has 4 unspecified atom stereocenters. The molecule has 0 saturated heterocycles. The Bertz CT molecular complexity index is 471. The summed E-state index contributed by atoms with van der Waals surface area (Å²) in [5.74, 6) is 2.52. The molecule has 0 amide bonds. The van der Waals surface area contributed by atoms with Gasteiger partial charge < -0.3 is 10.4 Å². The highest BCUT2D eigenvalue weighted by molar-refractivity contribution is 7.14. The van der Waals surface area contributed by atoms with Crippen LogP contribution in [0.25, 0.3) is 0 Å². The molecule has 1 aromatic rings. The quantitative estimate of drug-likeness (QED) is 0.864. The summed E-state index contributed by atoms with van der Waals surface area (Å²) >= 11 is 1.40. The molecular weight excluding hydrogens is 236 g/mol. The van der Waals surface area contributed by atoms with E-state index in [-0.39, 0.29) is 5.69 Å². The van der Waals surface area contributed by atoms with Gasteiger partial charge in [-0.2, -0.15) is 0 Å². The van der Waals surface area contributed by atoms with E-state index >= 15 is 0 Å². The number of hydrogen-bond donors (Lipinski definition) is 2. The molecule has 2 N–H and O–H groups in total. The Labute approximate surface area is 103 Å². The van der Waals surface area contributed by atoms with E-state index in [1.54, 1.807) is 5.51 Å². The Morgan fingerprint density at radius 3 is 2.76 bits per heavy atom. The van der Waals surface area contributed by atoms with E-state index in [1.165, 1.54) is 30.6 Å². The van der Waals surface area contributed by atoms with E-state index in [9.17, 15) is 4.79 Å². The Morgan fingerprint density at radius 2 is 2.12 bits per heavy atom. The lowest BCUT2D eigenvalue weighted by atomic mass is 10.0. The average molecular weight is 250 g/mol. The lowest BCUT2D eigenvalue weighted by Gasteiger charge is -2.10. The number of fused-ring (bicyclic) bond motifs is 5. The van der Waals surface area contributed by atoms with Crippen LogP contribution in [0.15, 0.2) is 5.51 Å². The van der Waals surface area contributed by atoms with Crippen LogP contribution in [-0.4, -0.2) is 22.1 Å². The SMILES string of the molecule is O=C(O)c1ncsc1NC1C2C3CCC(C3)C12. The standard InChI is InChI=1S/C12H14N2O2S/c15-12(16)10-11(17-4-13-10)14-9-7-5-1-2-6(3-5)8(7)9/h4-9,14H,1-3H2,(H,15,16). The van der Waals surface area contributed by atoms with E-state index in [4.69, 9.17) is 5.11 Å². The van der Waals surface area contributed by atoms with Crippen LogP contribution in [0.4, 0.5) is 5.00 Å². The third-order valence-electron chi connectivity index (χ3n) is 4.80. The first-order valence-corrected chi connectivity index (χ1v) is 7.07. The number of aromatic carboxylic acids is 1. The van der Waals surface area contributed by atoms with Crippen molar-refractivity contribution in [3.05, 3.63) is 11.2 Å². The van der Waals surface area contributed by atoms with Crippen molar-refractivity contribution in [2.75, 3.05) is 5.32 Å². The van der Waals surface area contributed by atoms with Crippen LogP contribution in [0.3, 0.4) is 0 Å². The van der Waals surface area contributed by atoms with Gasteiger partial charge in [-0.1, -0.05) is 0 Å². The van der Waals surface area contributed by atoms with Gasteiger partial charge in [0.15, 0.2) is 5.69 Å². The van der Waals surface area contributed by atoms with Crippen molar-refractivity contribution in [1.29, 1.82) is 0 Å². The highest BCUT2D eigenvalue weighted by atomic mass is 32.1. The normalized spacial score (nSPS) is 41.3. The first-order chi connectivity index (χ1) is 8.25. The molecule has 5 heteroatoms. The van der Waals surface area contributed by atoms with E-state index < -0.39 is 5.97 Å². The Balaban J connectivity index is 1.53. The van der Waals surface area contributed by atoms with Gasteiger partial charge in [0, 0.05) is 6.04 Å². The minimum Gasteiger partial charge on any atom is -0.476 e. The number of thiazole rings is 1. The number of carbonyl (C=O) groups is 1. The van der Waals surface area contributed by atoms with E-state index in [1.807, 2.05) is 0 Å². The summed E-state index contributed by atoms with van der Waals surface area (Å²) in [6.45, 7) is 0. The predicted molar refractivity (Wildman–Crippen MR) is 64.3 cm³/mol. The Kier molecular flexibility index (Phi) is 1.87. The van der Waals surface area contributed by atoms with Gasteiger partial charge in [0.05, 0.1) is 5.51 Å². The number of nitrogens with one attached hydrogen (secondary N) is 1. The van der Waals surface area contributed by atoms with Crippen molar-refractivity contribution in [3.8, 4) is 0 Å². The van der Waals surface area contributed by atoms with Gasteiger partial charge in [-0.25, -0.2) is 9.78 Å². The summed E-state index contributed by atoms with van der Waals surface area (Å²) in [5, 5.41) is 13.2. The molecule has 4 atom stereocenters. The molecule has 0 radical (unpaired) electrons. The highest BCUT2D eigenvalue weighted by Crippen LogP contribution is 2.66. The third-order valence-corrected chi connectivity index (χ3v) is 5.56. The fraction of sp³-hybridized carbons (Fsp3) is 0.667. The van der Waals surface area contributed by atoms with Crippen molar-refractivity contribution in [2.24, 2.45) is 23.7 Å². The molecule has 0 aromatic carbocycles. The van der Waals surface area contributed by atoms with Crippen molar-refractivity contribution >= 4 is 22.3 Å². The highest BCUT2D eigenvalue weighted by Gasteiger charge is 2.65. The maximum atomic E-state index is 11.0. The Hall–Kier alpha value is -1.10. The largest absolute Gasteiger partial charge is 0.476 e. The molecule has 3 aliphatic carbocycles. The molecule has 4 nitrogen and oxygen atoms in total. The van der Waals surface area contributed by atoms with Gasteiger partial charge in [-0.15, -0.1) is 11.3 Å². The average Bonchev–Trinajstić information content (AvgIpc) is 2.75. The molecule has 90 valence electrons. The van der Waals surface area contributed by atoms with Gasteiger partial charge in [0.2, 0.25) is 0 Å². The third kappa shape index (κ3) is 1.29. The molecule has 1 heterocycles. The van der Waals surface area contributed by atoms with Crippen molar-refractivity contribution in [3.63, 3.8) is 0 Å². The van der Waals surface area contributed by atoms with Crippen LogP contribution >= 0.6 is 11.3 Å². The van der Waals surface area contributed by atoms with Gasteiger partial charge in [-0.3, -0.25) is 0 Å². The zero-order valence-electron chi connectivity index (χ0n) is 9.30. The number of carboxylic acid groups (broad SMARTS) is 1. The van der Waals surface area contributed by atoms with Crippen molar-refractivity contribution < 1.29 is 9.90 Å². The Morgan fingerprint density at radius 1 is 1.41 bits per heavy atom. The summed E-state index contributed by atoms with van der Waals surface area (Å²) in [5.41, 5.74) is 1.80. The summed E-state index contributed by atoms with van der Waals surface area (Å²) in [6.07, 6.45) is 4.19. The van der Waals surface area contributed by atoms with Crippen LogP contribution in [0, 0.1) is 23.7 Å². The molecule has 3 aliphatic rings. The fourth-order valence-electron chi connectivity index (χ4n) is 4.17. The molecule has 0 spiro atoms. The molecule has 2 bridgehead atoms.